The summed E-state index contributed by atoms with van der Waals surface area (Å²) in [7, 11) is 0. The van der Waals surface area contributed by atoms with Crippen molar-refractivity contribution < 1.29 is 14.7 Å². The molecule has 1 aromatic heterocycles. The molecule has 5 nitrogen and oxygen atoms in total. The number of aromatic nitrogens is 1. The van der Waals surface area contributed by atoms with Gasteiger partial charge in [0.2, 0.25) is 6.41 Å². The Labute approximate surface area is 93.3 Å². The molecule has 0 saturated carbocycles. The number of hydrogen-bond acceptors (Lipinski definition) is 2. The molecule has 1 N–H and O–H groups in total. The Kier molecular flexibility index (Phi) is 2.94. The van der Waals surface area contributed by atoms with Crippen LogP contribution in [0.2, 0.25) is 0 Å². The summed E-state index contributed by atoms with van der Waals surface area (Å²) in [5.41, 5.74) is 0.324. The van der Waals surface area contributed by atoms with E-state index in [4.69, 9.17) is 5.11 Å². The molecule has 0 unspecified atom stereocenters. The number of likely N-dealkylation sites (tertiary alicyclic amines) is 1. The van der Waals surface area contributed by atoms with E-state index < -0.39 is 5.97 Å². The lowest BCUT2D eigenvalue weighted by Crippen LogP contribution is -2.34. The van der Waals surface area contributed by atoms with Crippen LogP contribution in [-0.4, -0.2) is 40.0 Å². The summed E-state index contributed by atoms with van der Waals surface area (Å²) in [6, 6.07) is 3.54. The zero-order valence-electron chi connectivity index (χ0n) is 8.87. The predicted molar refractivity (Wildman–Crippen MR) is 57.3 cm³/mol. The van der Waals surface area contributed by atoms with Crippen LogP contribution in [0.4, 0.5) is 0 Å². The van der Waals surface area contributed by atoms with Crippen molar-refractivity contribution in [1.82, 2.24) is 9.47 Å². The van der Waals surface area contributed by atoms with Crippen molar-refractivity contribution in [3.63, 3.8) is 0 Å². The van der Waals surface area contributed by atoms with Crippen LogP contribution in [0.5, 0.6) is 0 Å². The molecule has 0 spiro atoms. The van der Waals surface area contributed by atoms with Crippen LogP contribution < -0.4 is 0 Å². The molecule has 0 atom stereocenters. The van der Waals surface area contributed by atoms with Gasteiger partial charge in [-0.25, -0.2) is 4.79 Å². The Morgan fingerprint density at radius 3 is 2.69 bits per heavy atom. The topological polar surface area (TPSA) is 62.5 Å². The number of amides is 1. The largest absolute Gasteiger partial charge is 0.477 e. The average Bonchev–Trinajstić information content (AvgIpc) is 2.78. The molecule has 16 heavy (non-hydrogen) atoms. The number of piperidine rings is 1. The fraction of sp³-hybridized carbons (Fsp3) is 0.455. The Morgan fingerprint density at radius 2 is 2.12 bits per heavy atom. The Balaban J connectivity index is 2.11. The lowest BCUT2D eigenvalue weighted by Gasteiger charge is -2.30. The van der Waals surface area contributed by atoms with Gasteiger partial charge < -0.3 is 14.6 Å². The summed E-state index contributed by atoms with van der Waals surface area (Å²) in [4.78, 5) is 23.2. The highest BCUT2D eigenvalue weighted by molar-refractivity contribution is 5.85. The Bertz CT molecular complexity index is 392. The van der Waals surface area contributed by atoms with Gasteiger partial charge in [-0.15, -0.1) is 0 Å². The molecule has 86 valence electrons. The fourth-order valence-electron chi connectivity index (χ4n) is 2.16. The van der Waals surface area contributed by atoms with Crippen LogP contribution in [0.25, 0.3) is 0 Å². The van der Waals surface area contributed by atoms with E-state index in [0.717, 1.165) is 19.3 Å². The highest BCUT2D eigenvalue weighted by atomic mass is 16.4. The van der Waals surface area contributed by atoms with Crippen molar-refractivity contribution in [2.75, 3.05) is 13.1 Å². The molecule has 0 aliphatic carbocycles. The number of carbonyl (C=O) groups is 2. The van der Waals surface area contributed by atoms with Gasteiger partial charge in [0.1, 0.15) is 5.69 Å². The molecule has 1 aliphatic heterocycles. The number of carboxylic acid groups (broad SMARTS) is 1. The van der Waals surface area contributed by atoms with Crippen molar-refractivity contribution in [3.8, 4) is 0 Å². The van der Waals surface area contributed by atoms with Crippen LogP contribution in [0.3, 0.4) is 0 Å². The second-order valence-corrected chi connectivity index (χ2v) is 3.98. The van der Waals surface area contributed by atoms with Gasteiger partial charge in [-0.2, -0.15) is 0 Å². The molecule has 1 fully saturated rings. The number of rotatable bonds is 3. The normalized spacial score (nSPS) is 17.4. The predicted octanol–water partition coefficient (Wildman–Crippen LogP) is 0.980. The SMILES string of the molecule is O=CN1CCC(n2cccc2C(=O)O)CC1. The summed E-state index contributed by atoms with van der Waals surface area (Å²) in [6.45, 7) is 1.40. The van der Waals surface area contributed by atoms with Gasteiger partial charge in [0, 0.05) is 25.3 Å². The summed E-state index contributed by atoms with van der Waals surface area (Å²) in [6.07, 6.45) is 4.27. The monoisotopic (exact) mass is 222 g/mol. The maximum Gasteiger partial charge on any atom is 0.352 e. The highest BCUT2D eigenvalue weighted by Gasteiger charge is 2.22. The van der Waals surface area contributed by atoms with E-state index in [2.05, 4.69) is 0 Å². The molecular weight excluding hydrogens is 208 g/mol. The number of nitrogens with zero attached hydrogens (tertiary/aromatic N) is 2. The summed E-state index contributed by atoms with van der Waals surface area (Å²) < 4.78 is 1.80. The molecule has 1 aromatic rings. The third-order valence-electron chi connectivity index (χ3n) is 3.04. The zero-order valence-corrected chi connectivity index (χ0v) is 8.87. The van der Waals surface area contributed by atoms with E-state index in [1.165, 1.54) is 0 Å². The molecule has 0 aromatic carbocycles. The number of hydrogen-bond donors (Lipinski definition) is 1. The number of aromatic carboxylic acids is 1. The molecule has 0 bridgehead atoms. The molecule has 1 amide bonds. The second-order valence-electron chi connectivity index (χ2n) is 3.98. The summed E-state index contributed by atoms with van der Waals surface area (Å²) in [5, 5.41) is 9.00. The van der Waals surface area contributed by atoms with Gasteiger partial charge in [0.15, 0.2) is 0 Å². The highest BCUT2D eigenvalue weighted by Crippen LogP contribution is 2.23. The summed E-state index contributed by atoms with van der Waals surface area (Å²) in [5.74, 6) is -0.900. The Hall–Kier alpha value is -1.78. The van der Waals surface area contributed by atoms with Crippen LogP contribution >= 0.6 is 0 Å². The minimum atomic E-state index is -0.900. The Morgan fingerprint density at radius 1 is 1.44 bits per heavy atom. The first-order valence-corrected chi connectivity index (χ1v) is 5.32. The van der Waals surface area contributed by atoms with E-state index in [0.29, 0.717) is 18.8 Å². The van der Waals surface area contributed by atoms with E-state index in [1.807, 2.05) is 0 Å². The minimum Gasteiger partial charge on any atom is -0.477 e. The molecule has 5 heteroatoms. The van der Waals surface area contributed by atoms with E-state index in [9.17, 15) is 9.59 Å². The van der Waals surface area contributed by atoms with E-state index in [-0.39, 0.29) is 6.04 Å². The molecular formula is C11H14N2O3. The first-order valence-electron chi connectivity index (χ1n) is 5.32. The second kappa shape index (κ2) is 4.38. The molecule has 1 saturated heterocycles. The van der Waals surface area contributed by atoms with Crippen LogP contribution in [0, 0.1) is 0 Å². The molecule has 2 rings (SSSR count). The van der Waals surface area contributed by atoms with E-state index in [1.54, 1.807) is 27.8 Å². The lowest BCUT2D eigenvalue weighted by molar-refractivity contribution is -0.119. The molecule has 0 radical (unpaired) electrons. The third kappa shape index (κ3) is 1.93. The van der Waals surface area contributed by atoms with Crippen molar-refractivity contribution >= 4 is 12.4 Å². The maximum atomic E-state index is 11.0. The van der Waals surface area contributed by atoms with Crippen LogP contribution in [-0.2, 0) is 4.79 Å². The molecule has 1 aliphatic rings. The first kappa shape index (κ1) is 10.7. The zero-order chi connectivity index (χ0) is 11.5. The smallest absolute Gasteiger partial charge is 0.352 e. The van der Waals surface area contributed by atoms with Crippen molar-refractivity contribution in [2.45, 2.75) is 18.9 Å². The van der Waals surface area contributed by atoms with Gasteiger partial charge in [-0.05, 0) is 25.0 Å². The lowest BCUT2D eigenvalue weighted by atomic mass is 10.1. The van der Waals surface area contributed by atoms with Gasteiger partial charge >= 0.3 is 5.97 Å². The standard InChI is InChI=1S/C11H14N2O3/c14-8-12-6-3-9(4-7-12)13-5-1-2-10(13)11(15)16/h1-2,5,8-9H,3-4,6-7H2,(H,15,16). The quantitative estimate of drug-likeness (QED) is 0.775. The van der Waals surface area contributed by atoms with Gasteiger partial charge in [-0.1, -0.05) is 0 Å². The fourth-order valence-corrected chi connectivity index (χ4v) is 2.16. The van der Waals surface area contributed by atoms with E-state index >= 15 is 0 Å². The van der Waals surface area contributed by atoms with Crippen molar-refractivity contribution in [3.05, 3.63) is 24.0 Å². The first-order chi connectivity index (χ1) is 7.72. The van der Waals surface area contributed by atoms with Crippen LogP contribution in [0.15, 0.2) is 18.3 Å². The van der Waals surface area contributed by atoms with Crippen molar-refractivity contribution in [1.29, 1.82) is 0 Å². The van der Waals surface area contributed by atoms with Crippen LogP contribution in [0.1, 0.15) is 29.4 Å². The third-order valence-corrected chi connectivity index (χ3v) is 3.04. The van der Waals surface area contributed by atoms with Gasteiger partial charge in [0.25, 0.3) is 0 Å². The molecule has 2 heterocycles. The van der Waals surface area contributed by atoms with Crippen molar-refractivity contribution in [2.24, 2.45) is 0 Å². The minimum absolute atomic E-state index is 0.192. The summed E-state index contributed by atoms with van der Waals surface area (Å²) >= 11 is 0. The number of carboxylic acids is 1. The number of carbonyl (C=O) groups excluding carboxylic acids is 1. The maximum absolute atomic E-state index is 11.0. The van der Waals surface area contributed by atoms with Gasteiger partial charge in [-0.3, -0.25) is 4.79 Å². The van der Waals surface area contributed by atoms with Gasteiger partial charge in [0.05, 0.1) is 0 Å². The average molecular weight is 222 g/mol.